The molecule has 1 aliphatic carbocycles. The van der Waals surface area contributed by atoms with Gasteiger partial charge in [-0.25, -0.2) is 4.79 Å². The first-order valence-electron chi connectivity index (χ1n) is 8.22. The number of urea groups is 1. The Morgan fingerprint density at radius 2 is 1.07 bits per heavy atom. The molecule has 0 radical (unpaired) electrons. The number of imide groups is 1. The number of amides is 3. The summed E-state index contributed by atoms with van der Waals surface area (Å²) >= 11 is 0. The van der Waals surface area contributed by atoms with Crippen LogP contribution in [0.3, 0.4) is 0 Å². The third-order valence-corrected chi connectivity index (χ3v) is 4.13. The van der Waals surface area contributed by atoms with E-state index in [0.717, 1.165) is 11.1 Å². The minimum absolute atomic E-state index is 0.352. The Bertz CT molecular complexity index is 885. The van der Waals surface area contributed by atoms with Crippen molar-refractivity contribution in [3.05, 3.63) is 96.1 Å². The molecule has 1 heterocycles. The van der Waals surface area contributed by atoms with Gasteiger partial charge in [-0.1, -0.05) is 72.8 Å². The van der Waals surface area contributed by atoms with Crippen LogP contribution in [0, 0.1) is 0 Å². The fourth-order valence-corrected chi connectivity index (χ4v) is 2.85. The van der Waals surface area contributed by atoms with Crippen LogP contribution in [0.15, 0.2) is 85.0 Å². The SMILES string of the molecule is O=C1C=CC=CC1=O.O=C1NC(=O)C(c2ccccc2)(c2ccccc2)N1. The van der Waals surface area contributed by atoms with E-state index in [0.29, 0.717) is 0 Å². The van der Waals surface area contributed by atoms with E-state index in [2.05, 4.69) is 10.6 Å². The predicted molar refractivity (Wildman–Crippen MR) is 98.6 cm³/mol. The Kier molecular flexibility index (Phi) is 5.08. The van der Waals surface area contributed by atoms with E-state index >= 15 is 0 Å². The minimum atomic E-state index is -1.14. The van der Waals surface area contributed by atoms with Gasteiger partial charge in [0.15, 0.2) is 5.54 Å². The number of carbonyl (C=O) groups excluding carboxylic acids is 4. The smallest absolute Gasteiger partial charge is 0.316 e. The third-order valence-electron chi connectivity index (χ3n) is 4.13. The van der Waals surface area contributed by atoms with Gasteiger partial charge >= 0.3 is 6.03 Å². The lowest BCUT2D eigenvalue weighted by Crippen LogP contribution is -2.44. The Hall–Kier alpha value is -3.80. The van der Waals surface area contributed by atoms with Crippen LogP contribution in [0.5, 0.6) is 0 Å². The summed E-state index contributed by atoms with van der Waals surface area (Å²) in [5.41, 5.74) is 0.341. The summed E-state index contributed by atoms with van der Waals surface area (Å²) in [6.45, 7) is 0. The van der Waals surface area contributed by atoms with Gasteiger partial charge in [0.05, 0.1) is 0 Å². The molecular formula is C21H16N2O4. The fourth-order valence-electron chi connectivity index (χ4n) is 2.85. The van der Waals surface area contributed by atoms with Gasteiger partial charge in [-0.2, -0.15) is 0 Å². The van der Waals surface area contributed by atoms with E-state index in [-0.39, 0.29) is 5.91 Å². The average molecular weight is 360 g/mol. The maximum absolute atomic E-state index is 12.3. The molecule has 134 valence electrons. The molecule has 1 saturated heterocycles. The number of benzene rings is 2. The summed E-state index contributed by atoms with van der Waals surface area (Å²) in [6.07, 6.45) is 5.60. The maximum atomic E-state index is 12.3. The summed E-state index contributed by atoms with van der Waals surface area (Å²) in [7, 11) is 0. The van der Waals surface area contributed by atoms with Gasteiger partial charge in [0.2, 0.25) is 11.6 Å². The molecule has 2 aromatic carbocycles. The zero-order valence-corrected chi connectivity index (χ0v) is 14.2. The number of rotatable bonds is 2. The van der Waals surface area contributed by atoms with Crippen LogP contribution in [-0.2, 0) is 19.9 Å². The highest BCUT2D eigenvalue weighted by Crippen LogP contribution is 2.32. The predicted octanol–water partition coefficient (Wildman–Crippen LogP) is 2.02. The minimum Gasteiger partial charge on any atom is -0.316 e. The van der Waals surface area contributed by atoms with Crippen LogP contribution in [0.4, 0.5) is 4.79 Å². The monoisotopic (exact) mass is 360 g/mol. The number of allylic oxidation sites excluding steroid dienone is 4. The Morgan fingerprint density at radius 3 is 1.41 bits per heavy atom. The highest BCUT2D eigenvalue weighted by molar-refractivity contribution is 6.46. The molecule has 0 unspecified atom stereocenters. The molecule has 0 spiro atoms. The zero-order valence-electron chi connectivity index (χ0n) is 14.2. The van der Waals surface area contributed by atoms with E-state index in [1.165, 1.54) is 12.2 Å². The van der Waals surface area contributed by atoms with Crippen molar-refractivity contribution < 1.29 is 19.2 Å². The van der Waals surface area contributed by atoms with Gasteiger partial charge in [-0.15, -0.1) is 0 Å². The van der Waals surface area contributed by atoms with Crippen molar-refractivity contribution in [1.82, 2.24) is 10.6 Å². The lowest BCUT2D eigenvalue weighted by Gasteiger charge is -2.27. The molecule has 6 nitrogen and oxygen atoms in total. The number of hydrogen-bond acceptors (Lipinski definition) is 4. The third kappa shape index (κ3) is 3.59. The molecule has 0 aromatic heterocycles. The van der Waals surface area contributed by atoms with Crippen molar-refractivity contribution in [2.75, 3.05) is 0 Å². The van der Waals surface area contributed by atoms with Gasteiger partial charge in [0.1, 0.15) is 0 Å². The first kappa shape index (κ1) is 18.0. The molecule has 6 heteroatoms. The molecule has 3 amide bonds. The second-order valence-corrected chi connectivity index (χ2v) is 5.84. The van der Waals surface area contributed by atoms with Crippen LogP contribution in [0.1, 0.15) is 11.1 Å². The summed E-state index contributed by atoms with van der Waals surface area (Å²) in [4.78, 5) is 44.5. The van der Waals surface area contributed by atoms with Crippen LogP contribution in [0.2, 0.25) is 0 Å². The van der Waals surface area contributed by atoms with E-state index in [4.69, 9.17) is 0 Å². The molecule has 2 aliphatic rings. The van der Waals surface area contributed by atoms with Crippen molar-refractivity contribution in [2.24, 2.45) is 0 Å². The van der Waals surface area contributed by atoms with Gasteiger partial charge in [0, 0.05) is 0 Å². The molecular weight excluding hydrogens is 344 g/mol. The molecule has 27 heavy (non-hydrogen) atoms. The molecule has 2 aromatic rings. The molecule has 2 N–H and O–H groups in total. The normalized spacial score (nSPS) is 17.0. The Morgan fingerprint density at radius 1 is 0.630 bits per heavy atom. The summed E-state index contributed by atoms with van der Waals surface area (Å²) in [5.74, 6) is -1.23. The largest absolute Gasteiger partial charge is 0.322 e. The first-order chi connectivity index (χ1) is 13.0. The van der Waals surface area contributed by atoms with Gasteiger partial charge < -0.3 is 5.32 Å². The van der Waals surface area contributed by atoms with Crippen molar-refractivity contribution >= 4 is 23.5 Å². The van der Waals surface area contributed by atoms with Gasteiger partial charge in [-0.3, -0.25) is 19.7 Å². The highest BCUT2D eigenvalue weighted by Gasteiger charge is 2.48. The number of ketones is 2. The second kappa shape index (κ2) is 7.61. The van der Waals surface area contributed by atoms with E-state index in [1.54, 1.807) is 12.2 Å². The zero-order chi connectivity index (χ0) is 19.3. The molecule has 0 bridgehead atoms. The maximum Gasteiger partial charge on any atom is 0.322 e. The first-order valence-corrected chi connectivity index (χ1v) is 8.22. The Balaban J connectivity index is 0.000000221. The van der Waals surface area contributed by atoms with E-state index in [1.807, 2.05) is 60.7 Å². The highest BCUT2D eigenvalue weighted by atomic mass is 16.2. The standard InChI is InChI=1S/C15H12N2O2.C6H4O2/c18-13-15(17-14(19)16-13,11-7-3-1-4-8-11)12-9-5-2-6-10-12;7-5-3-1-2-4-6(5)8/h1-10H,(H2,16,17,18,19);1-4H. The topological polar surface area (TPSA) is 92.3 Å². The van der Waals surface area contributed by atoms with E-state index < -0.39 is 23.1 Å². The van der Waals surface area contributed by atoms with Crippen molar-refractivity contribution in [3.8, 4) is 0 Å². The van der Waals surface area contributed by atoms with Crippen LogP contribution < -0.4 is 10.6 Å². The van der Waals surface area contributed by atoms with Crippen LogP contribution in [-0.4, -0.2) is 23.5 Å². The van der Waals surface area contributed by atoms with Gasteiger partial charge in [0.25, 0.3) is 5.91 Å². The van der Waals surface area contributed by atoms with Crippen molar-refractivity contribution in [3.63, 3.8) is 0 Å². The summed E-state index contributed by atoms with van der Waals surface area (Å²) < 4.78 is 0. The van der Waals surface area contributed by atoms with Crippen molar-refractivity contribution in [1.29, 1.82) is 0 Å². The number of nitrogens with one attached hydrogen (secondary N) is 2. The molecule has 0 saturated carbocycles. The fraction of sp³-hybridized carbons (Fsp3) is 0.0476. The number of carbonyl (C=O) groups is 4. The Labute approximate surface area is 155 Å². The molecule has 1 aliphatic heterocycles. The summed E-state index contributed by atoms with van der Waals surface area (Å²) in [6, 6.07) is 18.0. The van der Waals surface area contributed by atoms with Crippen LogP contribution >= 0.6 is 0 Å². The van der Waals surface area contributed by atoms with Gasteiger partial charge in [-0.05, 0) is 23.3 Å². The quantitative estimate of drug-likeness (QED) is 0.487. The number of hydrogen-bond donors (Lipinski definition) is 2. The van der Waals surface area contributed by atoms with Crippen molar-refractivity contribution in [2.45, 2.75) is 5.54 Å². The van der Waals surface area contributed by atoms with Crippen LogP contribution in [0.25, 0.3) is 0 Å². The molecule has 1 fully saturated rings. The lowest BCUT2D eigenvalue weighted by molar-refractivity contribution is -0.131. The molecule has 0 atom stereocenters. The lowest BCUT2D eigenvalue weighted by atomic mass is 9.83. The molecule has 4 rings (SSSR count). The van der Waals surface area contributed by atoms with E-state index in [9.17, 15) is 19.2 Å². The summed E-state index contributed by atoms with van der Waals surface area (Å²) in [5, 5.41) is 5.07. The second-order valence-electron chi connectivity index (χ2n) is 5.84. The average Bonchev–Trinajstić information content (AvgIpc) is 3.01.